The molecule has 2 aliphatic heterocycles. The van der Waals surface area contributed by atoms with Crippen LogP contribution in [0.2, 0.25) is 0 Å². The molecule has 106 valence electrons. The maximum atomic E-state index is 3.74. The Morgan fingerprint density at radius 3 is 2.72 bits per heavy atom. The van der Waals surface area contributed by atoms with Crippen molar-refractivity contribution in [1.82, 2.24) is 10.2 Å². The van der Waals surface area contributed by atoms with Gasteiger partial charge in [-0.1, -0.05) is 27.2 Å². The lowest BCUT2D eigenvalue weighted by Gasteiger charge is -2.35. The standard InChI is InChI=1S/C15H30N2S/c1-15(2,3)14-12-17(9-6-8-16-14)11-13-7-4-5-10-18-13/h13-14,16H,4-12H2,1-3H3. The quantitative estimate of drug-likeness (QED) is 0.830. The van der Waals surface area contributed by atoms with Gasteiger partial charge >= 0.3 is 0 Å². The fourth-order valence-corrected chi connectivity index (χ4v) is 4.33. The second-order valence-electron chi connectivity index (χ2n) is 6.97. The number of hydrogen-bond acceptors (Lipinski definition) is 3. The molecule has 2 atom stereocenters. The number of nitrogens with zero attached hydrogens (tertiary/aromatic N) is 1. The molecule has 0 aliphatic carbocycles. The predicted octanol–water partition coefficient (Wildman–Crippen LogP) is 2.98. The van der Waals surface area contributed by atoms with Crippen molar-refractivity contribution in [3.05, 3.63) is 0 Å². The Kier molecular flexibility index (Phi) is 5.40. The van der Waals surface area contributed by atoms with Gasteiger partial charge in [-0.3, -0.25) is 0 Å². The van der Waals surface area contributed by atoms with Gasteiger partial charge in [0.25, 0.3) is 0 Å². The molecule has 2 fully saturated rings. The van der Waals surface area contributed by atoms with Crippen LogP contribution < -0.4 is 5.32 Å². The van der Waals surface area contributed by atoms with Gasteiger partial charge in [-0.25, -0.2) is 0 Å². The van der Waals surface area contributed by atoms with Crippen molar-refractivity contribution in [1.29, 1.82) is 0 Å². The third kappa shape index (κ3) is 4.43. The Balaban J connectivity index is 1.86. The monoisotopic (exact) mass is 270 g/mol. The minimum absolute atomic E-state index is 0.377. The molecule has 3 heteroatoms. The van der Waals surface area contributed by atoms with Crippen LogP contribution in [0.15, 0.2) is 0 Å². The summed E-state index contributed by atoms with van der Waals surface area (Å²) < 4.78 is 0. The average Bonchev–Trinajstić information content (AvgIpc) is 2.55. The molecule has 0 radical (unpaired) electrons. The molecule has 1 N–H and O–H groups in total. The topological polar surface area (TPSA) is 15.3 Å². The van der Waals surface area contributed by atoms with Crippen molar-refractivity contribution in [3.8, 4) is 0 Å². The third-order valence-electron chi connectivity index (χ3n) is 4.26. The lowest BCUT2D eigenvalue weighted by Crippen LogP contribution is -2.47. The van der Waals surface area contributed by atoms with Crippen LogP contribution in [0.1, 0.15) is 46.5 Å². The first-order chi connectivity index (χ1) is 8.55. The van der Waals surface area contributed by atoms with Gasteiger partial charge in [-0.2, -0.15) is 11.8 Å². The van der Waals surface area contributed by atoms with Crippen molar-refractivity contribution in [2.75, 3.05) is 31.9 Å². The highest BCUT2D eigenvalue weighted by Gasteiger charge is 2.29. The molecule has 0 aromatic heterocycles. The maximum Gasteiger partial charge on any atom is 0.0243 e. The molecular formula is C15H30N2S. The van der Waals surface area contributed by atoms with Gasteiger partial charge < -0.3 is 10.2 Å². The zero-order valence-electron chi connectivity index (χ0n) is 12.4. The van der Waals surface area contributed by atoms with Gasteiger partial charge in [0.2, 0.25) is 0 Å². The van der Waals surface area contributed by atoms with Crippen molar-refractivity contribution in [3.63, 3.8) is 0 Å². The number of thioether (sulfide) groups is 1. The van der Waals surface area contributed by atoms with Crippen LogP contribution >= 0.6 is 11.8 Å². The first kappa shape index (κ1) is 14.7. The van der Waals surface area contributed by atoms with E-state index in [2.05, 4.69) is 42.7 Å². The second kappa shape index (κ2) is 6.62. The van der Waals surface area contributed by atoms with E-state index < -0.39 is 0 Å². The van der Waals surface area contributed by atoms with E-state index in [0.717, 1.165) is 5.25 Å². The Morgan fingerprint density at radius 2 is 2.06 bits per heavy atom. The first-order valence-corrected chi connectivity index (χ1v) is 8.68. The summed E-state index contributed by atoms with van der Waals surface area (Å²) >= 11 is 2.21. The molecule has 2 heterocycles. The van der Waals surface area contributed by atoms with Crippen LogP contribution in [0.25, 0.3) is 0 Å². The summed E-state index contributed by atoms with van der Waals surface area (Å²) in [5.74, 6) is 1.39. The molecule has 2 unspecified atom stereocenters. The van der Waals surface area contributed by atoms with Gasteiger partial charge in [0.1, 0.15) is 0 Å². The van der Waals surface area contributed by atoms with Crippen LogP contribution in [0.5, 0.6) is 0 Å². The summed E-state index contributed by atoms with van der Waals surface area (Å²) in [6, 6.07) is 0.647. The Morgan fingerprint density at radius 1 is 1.22 bits per heavy atom. The number of nitrogens with one attached hydrogen (secondary N) is 1. The smallest absolute Gasteiger partial charge is 0.0243 e. The van der Waals surface area contributed by atoms with E-state index >= 15 is 0 Å². The van der Waals surface area contributed by atoms with E-state index in [1.54, 1.807) is 0 Å². The van der Waals surface area contributed by atoms with E-state index in [1.165, 1.54) is 57.6 Å². The van der Waals surface area contributed by atoms with Crippen molar-refractivity contribution in [2.45, 2.75) is 57.7 Å². The zero-order chi connectivity index (χ0) is 13.0. The molecule has 0 aromatic carbocycles. The van der Waals surface area contributed by atoms with Crippen LogP contribution in [0, 0.1) is 5.41 Å². The number of hydrogen-bond donors (Lipinski definition) is 1. The van der Waals surface area contributed by atoms with Crippen molar-refractivity contribution < 1.29 is 0 Å². The fraction of sp³-hybridized carbons (Fsp3) is 1.00. The summed E-state index contributed by atoms with van der Waals surface area (Å²) in [7, 11) is 0. The molecule has 0 bridgehead atoms. The highest BCUT2D eigenvalue weighted by molar-refractivity contribution is 7.99. The minimum Gasteiger partial charge on any atom is -0.312 e. The van der Waals surface area contributed by atoms with Crippen molar-refractivity contribution >= 4 is 11.8 Å². The molecule has 0 spiro atoms. The lowest BCUT2D eigenvalue weighted by molar-refractivity contribution is 0.196. The Bertz CT molecular complexity index is 243. The van der Waals surface area contributed by atoms with Crippen LogP contribution in [-0.2, 0) is 0 Å². The van der Waals surface area contributed by atoms with Crippen LogP contribution in [-0.4, -0.2) is 48.1 Å². The summed E-state index contributed by atoms with van der Waals surface area (Å²) in [5.41, 5.74) is 0.377. The van der Waals surface area contributed by atoms with Gasteiger partial charge in [-0.15, -0.1) is 0 Å². The first-order valence-electron chi connectivity index (χ1n) is 7.63. The Hall–Kier alpha value is 0.270. The Labute approximate surface area is 117 Å². The molecule has 2 rings (SSSR count). The molecule has 2 nitrogen and oxygen atoms in total. The SMILES string of the molecule is CC(C)(C)C1CN(CC2CCCCS2)CCCN1. The van der Waals surface area contributed by atoms with E-state index in [1.807, 2.05) is 0 Å². The van der Waals surface area contributed by atoms with Gasteiger partial charge in [0.05, 0.1) is 0 Å². The molecular weight excluding hydrogens is 240 g/mol. The maximum absolute atomic E-state index is 3.74. The largest absolute Gasteiger partial charge is 0.312 e. The van der Waals surface area contributed by atoms with E-state index in [9.17, 15) is 0 Å². The fourth-order valence-electron chi connectivity index (χ4n) is 2.98. The molecule has 2 saturated heterocycles. The highest BCUT2D eigenvalue weighted by atomic mass is 32.2. The normalized spacial score (nSPS) is 32.2. The molecule has 0 amide bonds. The van der Waals surface area contributed by atoms with Crippen molar-refractivity contribution in [2.24, 2.45) is 5.41 Å². The molecule has 18 heavy (non-hydrogen) atoms. The zero-order valence-corrected chi connectivity index (χ0v) is 13.2. The van der Waals surface area contributed by atoms with Gasteiger partial charge in [0, 0.05) is 24.4 Å². The van der Waals surface area contributed by atoms with Gasteiger partial charge in [0.15, 0.2) is 0 Å². The number of rotatable bonds is 2. The third-order valence-corrected chi connectivity index (χ3v) is 5.64. The highest BCUT2D eigenvalue weighted by Crippen LogP contribution is 2.27. The van der Waals surface area contributed by atoms with Gasteiger partial charge in [-0.05, 0) is 43.5 Å². The van der Waals surface area contributed by atoms with Crippen LogP contribution in [0.3, 0.4) is 0 Å². The lowest BCUT2D eigenvalue weighted by atomic mass is 9.86. The van der Waals surface area contributed by atoms with Crippen LogP contribution in [0.4, 0.5) is 0 Å². The summed E-state index contributed by atoms with van der Waals surface area (Å²) in [5, 5.41) is 4.64. The minimum atomic E-state index is 0.377. The second-order valence-corrected chi connectivity index (χ2v) is 8.38. The molecule has 0 saturated carbocycles. The molecule has 2 aliphatic rings. The predicted molar refractivity (Wildman–Crippen MR) is 82.4 cm³/mol. The van der Waals surface area contributed by atoms with E-state index in [0.29, 0.717) is 11.5 Å². The molecule has 0 aromatic rings. The summed E-state index contributed by atoms with van der Waals surface area (Å²) in [4.78, 5) is 2.72. The summed E-state index contributed by atoms with van der Waals surface area (Å²) in [6.07, 6.45) is 5.64. The average molecular weight is 270 g/mol. The summed E-state index contributed by atoms with van der Waals surface area (Å²) in [6.45, 7) is 12.1. The van der Waals surface area contributed by atoms with E-state index in [-0.39, 0.29) is 0 Å². The van der Waals surface area contributed by atoms with E-state index in [4.69, 9.17) is 0 Å².